The van der Waals surface area contributed by atoms with Gasteiger partial charge in [0.15, 0.2) is 0 Å². The molecule has 1 unspecified atom stereocenters. The summed E-state index contributed by atoms with van der Waals surface area (Å²) in [4.78, 5) is 2.56. The molecule has 1 fully saturated rings. The van der Waals surface area contributed by atoms with Crippen molar-refractivity contribution >= 4 is 10.0 Å². The molecule has 1 saturated heterocycles. The standard InChI is InChI=1S/C15H21N3O2S/c1-2-18-11-3-4-14(18)12-17-21(19,20)15-7-5-13(6-8-15)9-10-16/h5-8,14,17H,2-4,9,11-12H2,1H3. The van der Waals surface area contributed by atoms with Gasteiger partial charge in [-0.15, -0.1) is 0 Å². The zero-order chi connectivity index (χ0) is 15.3. The third-order valence-corrected chi connectivity index (χ3v) is 5.37. The van der Waals surface area contributed by atoms with Gasteiger partial charge in [0, 0.05) is 12.6 Å². The molecular weight excluding hydrogens is 286 g/mol. The van der Waals surface area contributed by atoms with E-state index >= 15 is 0 Å². The van der Waals surface area contributed by atoms with E-state index in [1.807, 2.05) is 6.07 Å². The van der Waals surface area contributed by atoms with E-state index in [0.717, 1.165) is 31.5 Å². The highest BCUT2D eigenvalue weighted by atomic mass is 32.2. The molecule has 5 nitrogen and oxygen atoms in total. The van der Waals surface area contributed by atoms with Crippen molar-refractivity contribution in [2.75, 3.05) is 19.6 Å². The number of benzene rings is 1. The molecule has 1 aromatic carbocycles. The molecule has 1 atom stereocenters. The highest BCUT2D eigenvalue weighted by Crippen LogP contribution is 2.17. The summed E-state index contributed by atoms with van der Waals surface area (Å²) in [5, 5.41) is 8.62. The van der Waals surface area contributed by atoms with E-state index in [9.17, 15) is 8.42 Å². The van der Waals surface area contributed by atoms with Gasteiger partial charge in [-0.3, -0.25) is 4.90 Å². The molecule has 114 valence electrons. The first-order valence-corrected chi connectivity index (χ1v) is 8.74. The predicted molar refractivity (Wildman–Crippen MR) is 81.2 cm³/mol. The second-order valence-electron chi connectivity index (χ2n) is 5.26. The Morgan fingerprint density at radius 3 is 2.71 bits per heavy atom. The first kappa shape index (κ1) is 16.0. The largest absolute Gasteiger partial charge is 0.299 e. The first-order chi connectivity index (χ1) is 10.1. The third kappa shape index (κ3) is 4.03. The molecule has 6 heteroatoms. The lowest BCUT2D eigenvalue weighted by Gasteiger charge is -2.22. The average molecular weight is 307 g/mol. The zero-order valence-electron chi connectivity index (χ0n) is 12.2. The Kier molecular flexibility index (Phi) is 5.34. The van der Waals surface area contributed by atoms with E-state index in [4.69, 9.17) is 5.26 Å². The number of likely N-dealkylation sites (tertiary alicyclic amines) is 1. The van der Waals surface area contributed by atoms with Gasteiger partial charge in [0.1, 0.15) is 0 Å². The number of nitrogens with one attached hydrogen (secondary N) is 1. The van der Waals surface area contributed by atoms with Crippen molar-refractivity contribution in [3.05, 3.63) is 29.8 Å². The van der Waals surface area contributed by atoms with E-state index in [2.05, 4.69) is 16.5 Å². The summed E-state index contributed by atoms with van der Waals surface area (Å²) in [5.41, 5.74) is 0.824. The average Bonchev–Trinajstić information content (AvgIpc) is 2.94. The van der Waals surface area contributed by atoms with Crippen LogP contribution in [0.2, 0.25) is 0 Å². The van der Waals surface area contributed by atoms with Crippen LogP contribution in [0.25, 0.3) is 0 Å². The van der Waals surface area contributed by atoms with Gasteiger partial charge in [-0.05, 0) is 43.6 Å². The van der Waals surface area contributed by atoms with Crippen molar-refractivity contribution in [2.45, 2.75) is 37.1 Å². The fraction of sp³-hybridized carbons (Fsp3) is 0.533. The van der Waals surface area contributed by atoms with Gasteiger partial charge in [0.25, 0.3) is 0 Å². The zero-order valence-corrected chi connectivity index (χ0v) is 13.1. The lowest BCUT2D eigenvalue weighted by Crippen LogP contribution is -2.39. The van der Waals surface area contributed by atoms with Gasteiger partial charge in [-0.1, -0.05) is 19.1 Å². The number of rotatable bonds is 6. The molecule has 1 heterocycles. The molecule has 0 aromatic heterocycles. The number of sulfonamides is 1. The van der Waals surface area contributed by atoms with E-state index in [-0.39, 0.29) is 4.90 Å². The Balaban J connectivity index is 1.99. The predicted octanol–water partition coefficient (Wildman–Crippen LogP) is 1.52. The van der Waals surface area contributed by atoms with Gasteiger partial charge in [-0.2, -0.15) is 5.26 Å². The number of nitriles is 1. The Bertz CT molecular complexity index is 605. The van der Waals surface area contributed by atoms with Gasteiger partial charge < -0.3 is 0 Å². The second-order valence-corrected chi connectivity index (χ2v) is 7.02. The van der Waals surface area contributed by atoms with Gasteiger partial charge in [0.05, 0.1) is 17.4 Å². The second kappa shape index (κ2) is 7.03. The molecule has 1 aliphatic heterocycles. The van der Waals surface area contributed by atoms with E-state index in [0.29, 0.717) is 19.0 Å². The maximum Gasteiger partial charge on any atom is 0.240 e. The van der Waals surface area contributed by atoms with Crippen LogP contribution in [-0.2, 0) is 16.4 Å². The lowest BCUT2D eigenvalue weighted by atomic mass is 10.2. The van der Waals surface area contributed by atoms with Crippen LogP contribution in [0, 0.1) is 11.3 Å². The van der Waals surface area contributed by atoms with Crippen molar-refractivity contribution in [3.63, 3.8) is 0 Å². The molecule has 21 heavy (non-hydrogen) atoms. The molecule has 1 aromatic rings. The van der Waals surface area contributed by atoms with Crippen molar-refractivity contribution in [3.8, 4) is 6.07 Å². The summed E-state index contributed by atoms with van der Waals surface area (Å²) in [6, 6.07) is 8.83. The maximum absolute atomic E-state index is 12.3. The smallest absolute Gasteiger partial charge is 0.240 e. The van der Waals surface area contributed by atoms with E-state index in [1.54, 1.807) is 24.3 Å². The monoisotopic (exact) mass is 307 g/mol. The summed E-state index contributed by atoms with van der Waals surface area (Å²) in [7, 11) is -3.47. The van der Waals surface area contributed by atoms with Crippen molar-refractivity contribution in [1.29, 1.82) is 5.26 Å². The molecule has 0 saturated carbocycles. The molecule has 1 aliphatic rings. The van der Waals surface area contributed by atoms with Crippen LogP contribution >= 0.6 is 0 Å². The summed E-state index contributed by atoms with van der Waals surface area (Å²) in [6.45, 7) is 4.55. The minimum atomic E-state index is -3.47. The van der Waals surface area contributed by atoms with Crippen molar-refractivity contribution in [2.24, 2.45) is 0 Å². The summed E-state index contributed by atoms with van der Waals surface area (Å²) >= 11 is 0. The molecular formula is C15H21N3O2S. The number of nitrogens with zero attached hydrogens (tertiary/aromatic N) is 2. The Morgan fingerprint density at radius 2 is 2.10 bits per heavy atom. The van der Waals surface area contributed by atoms with Crippen LogP contribution in [0.4, 0.5) is 0 Å². The quantitative estimate of drug-likeness (QED) is 0.864. The van der Waals surface area contributed by atoms with E-state index in [1.165, 1.54) is 0 Å². The van der Waals surface area contributed by atoms with Gasteiger partial charge >= 0.3 is 0 Å². The molecule has 0 bridgehead atoms. The van der Waals surface area contributed by atoms with Crippen molar-refractivity contribution < 1.29 is 8.42 Å². The van der Waals surface area contributed by atoms with Gasteiger partial charge in [0.2, 0.25) is 10.0 Å². The first-order valence-electron chi connectivity index (χ1n) is 7.26. The summed E-state index contributed by atoms with van der Waals surface area (Å²) in [6.07, 6.45) is 2.46. The molecule has 2 rings (SSSR count). The highest BCUT2D eigenvalue weighted by Gasteiger charge is 2.24. The summed E-state index contributed by atoms with van der Waals surface area (Å²) in [5.74, 6) is 0. The topological polar surface area (TPSA) is 73.2 Å². The fourth-order valence-electron chi connectivity index (χ4n) is 2.71. The third-order valence-electron chi connectivity index (χ3n) is 3.93. The van der Waals surface area contributed by atoms with Crippen LogP contribution in [-0.4, -0.2) is 39.0 Å². The molecule has 0 amide bonds. The van der Waals surface area contributed by atoms with Gasteiger partial charge in [-0.25, -0.2) is 13.1 Å². The normalized spacial score (nSPS) is 19.5. The van der Waals surface area contributed by atoms with E-state index < -0.39 is 10.0 Å². The molecule has 0 spiro atoms. The fourth-order valence-corrected chi connectivity index (χ4v) is 3.78. The Labute approximate surface area is 126 Å². The Hall–Kier alpha value is -1.42. The molecule has 0 aliphatic carbocycles. The molecule has 0 radical (unpaired) electrons. The van der Waals surface area contributed by atoms with Crippen LogP contribution in [0.3, 0.4) is 0 Å². The number of likely N-dealkylation sites (N-methyl/N-ethyl adjacent to an activating group) is 1. The number of hydrogen-bond donors (Lipinski definition) is 1. The minimum absolute atomic E-state index is 0.255. The molecule has 1 N–H and O–H groups in total. The SMILES string of the molecule is CCN1CCCC1CNS(=O)(=O)c1ccc(CC#N)cc1. The number of hydrogen-bond acceptors (Lipinski definition) is 4. The maximum atomic E-state index is 12.3. The Morgan fingerprint density at radius 1 is 1.38 bits per heavy atom. The van der Waals surface area contributed by atoms with Crippen LogP contribution in [0.15, 0.2) is 29.2 Å². The van der Waals surface area contributed by atoms with Crippen LogP contribution in [0.1, 0.15) is 25.3 Å². The van der Waals surface area contributed by atoms with Crippen LogP contribution < -0.4 is 4.72 Å². The lowest BCUT2D eigenvalue weighted by molar-refractivity contribution is 0.268. The highest BCUT2D eigenvalue weighted by molar-refractivity contribution is 7.89. The summed E-state index contributed by atoms with van der Waals surface area (Å²) < 4.78 is 27.2. The van der Waals surface area contributed by atoms with Crippen molar-refractivity contribution in [1.82, 2.24) is 9.62 Å². The van der Waals surface area contributed by atoms with Crippen LogP contribution in [0.5, 0.6) is 0 Å². The minimum Gasteiger partial charge on any atom is -0.299 e.